The van der Waals surface area contributed by atoms with Gasteiger partial charge in [-0.05, 0) is 215 Å². The molecule has 32 heteroatoms. The van der Waals surface area contributed by atoms with Gasteiger partial charge in [-0.25, -0.2) is 19.2 Å². The molecule has 2 aliphatic carbocycles. The summed E-state index contributed by atoms with van der Waals surface area (Å²) in [6.07, 6.45) is 1.43. The highest BCUT2D eigenvalue weighted by molar-refractivity contribution is 6.39. The first-order valence-electron chi connectivity index (χ1n) is 47.3. The van der Waals surface area contributed by atoms with Gasteiger partial charge in [0.1, 0.15) is 48.1 Å². The summed E-state index contributed by atoms with van der Waals surface area (Å²) in [5.74, 6) is -17.9. The summed E-state index contributed by atoms with van der Waals surface area (Å²) < 4.78 is 71.9. The third kappa shape index (κ3) is 28.0. The van der Waals surface area contributed by atoms with Crippen LogP contribution >= 0.6 is 0 Å². The van der Waals surface area contributed by atoms with Crippen molar-refractivity contribution in [2.45, 2.75) is 346 Å². The van der Waals surface area contributed by atoms with Crippen molar-refractivity contribution in [2.75, 3.05) is 69.0 Å². The Morgan fingerprint density at radius 2 is 0.808 bits per heavy atom. The number of carbonyl (C=O) groups is 10. The van der Waals surface area contributed by atoms with E-state index >= 15 is 0 Å². The summed E-state index contributed by atoms with van der Waals surface area (Å²) in [6, 6.07) is 4.62. The number of aliphatic hydroxyl groups excluding tert-OH is 4. The molecule has 8 N–H and O–H groups in total. The predicted molar refractivity (Wildman–Crippen MR) is 477 cm³/mol. The Bertz CT molecular complexity index is 3830. The van der Waals surface area contributed by atoms with Crippen LogP contribution < -0.4 is 10.6 Å². The van der Waals surface area contributed by atoms with Crippen molar-refractivity contribution in [1.82, 2.24) is 20.4 Å². The number of alkyl carbamates (subject to hydrolysis) is 2. The lowest BCUT2D eigenvalue weighted by Crippen LogP contribution is -2.64. The number of rotatable bonds is 22. The lowest BCUT2D eigenvalue weighted by atomic mass is 9.81. The van der Waals surface area contributed by atoms with E-state index in [-0.39, 0.29) is 139 Å². The number of aliphatic hydroxyl groups is 6. The Morgan fingerprint density at radius 1 is 0.462 bits per heavy atom. The van der Waals surface area contributed by atoms with Gasteiger partial charge < -0.3 is 108 Å². The van der Waals surface area contributed by atoms with Crippen LogP contribution in [0.3, 0.4) is 0 Å². The molecule has 28 atom stereocenters. The van der Waals surface area contributed by atoms with Gasteiger partial charge in [0.2, 0.25) is 11.6 Å². The molecule has 4 unspecified atom stereocenters. The second kappa shape index (κ2) is 49.8. The first-order chi connectivity index (χ1) is 61.8. The molecule has 8 aliphatic rings. The normalized spacial score (nSPS) is 37.4. The lowest BCUT2D eigenvalue weighted by Gasteiger charge is -2.47. The maximum atomic E-state index is 14.8. The van der Waals surface area contributed by atoms with Crippen LogP contribution in [0.4, 0.5) is 9.59 Å². The van der Waals surface area contributed by atoms with Crippen molar-refractivity contribution >= 4 is 59.1 Å². The molecule has 1 aromatic rings. The number of methoxy groups -OCH3 is 6. The number of ketones is 4. The Balaban J connectivity index is 0.829. The van der Waals surface area contributed by atoms with Crippen LogP contribution in [0, 0.1) is 59.2 Å². The van der Waals surface area contributed by atoms with Crippen LogP contribution in [0.1, 0.15) is 234 Å². The number of piperidine rings is 2. The molecule has 730 valence electrons. The van der Waals surface area contributed by atoms with Crippen molar-refractivity contribution in [2.24, 2.45) is 59.2 Å². The zero-order chi connectivity index (χ0) is 95.2. The van der Waals surface area contributed by atoms with Crippen LogP contribution in [0.15, 0.2) is 70.9 Å². The van der Waals surface area contributed by atoms with Crippen molar-refractivity contribution in [3.8, 4) is 0 Å². The SMILES string of the molecule is CO[C@H]1C[C@@H](C)C/C(C)=C/[C@@H](CCCOC(=O)NCc2ccc(CNC(=O)OCCC[C@@H]3/C=C(\C)C[C@H](C)C[C@H](OC)[C@H]4O[C@@](O)(C(=O)C(=O)N5CCCC[C@H]5C(=O)OC(/C(C)=C/C5CC[C@@H](O)[C@H](OC)C5)[C@H](C)[C@@H](O)CC3=O)[C@H](C)C[C@@H]4OC)cc2)C(=O)C[C@H](O)[C@@H](C)C(/C(C)=C/C2CC[C@@H](O)[C@H](OC)C2)OC(=O)[C@@H]2CCCCN2C(=O)C(=O)[C@]2(O)O[C@H]1[C@@H](OC)C[C@H]2C. The Labute approximate surface area is 767 Å². The number of nitrogens with one attached hydrogen (secondary N) is 2. The lowest BCUT2D eigenvalue weighted by molar-refractivity contribution is -0.302. The number of cyclic esters (lactones) is 2. The molecule has 6 heterocycles. The number of ether oxygens (including phenoxy) is 12. The third-order valence-electron chi connectivity index (χ3n) is 28.6. The van der Waals surface area contributed by atoms with Crippen LogP contribution in [0.25, 0.3) is 0 Å². The fraction of sp³-hybridized carbons (Fsp3) is 0.755. The number of carbonyl (C=O) groups excluding carboxylic acids is 10. The molecule has 6 fully saturated rings. The highest BCUT2D eigenvalue weighted by Crippen LogP contribution is 2.43. The molecule has 32 nitrogen and oxygen atoms in total. The minimum Gasteiger partial charge on any atom is -0.456 e. The van der Waals surface area contributed by atoms with Gasteiger partial charge in [0.15, 0.2) is 0 Å². The monoisotopic (exact) mass is 1830 g/mol. The summed E-state index contributed by atoms with van der Waals surface area (Å²) in [5.41, 5.74) is 4.22. The molecular weight excluding hydrogens is 1680 g/mol. The second-order valence-corrected chi connectivity index (χ2v) is 38.6. The molecule has 0 spiro atoms. The molecule has 1 aromatic carbocycles. The number of hydrogen-bond donors (Lipinski definition) is 8. The zero-order valence-electron chi connectivity index (χ0n) is 79.4. The largest absolute Gasteiger partial charge is 0.456 e. The van der Waals surface area contributed by atoms with Gasteiger partial charge in [0.25, 0.3) is 23.4 Å². The standard InChI is InChI=1S/C98H150N4O28/c1-55-39-57(3)43-81(121-13)87-83(123-15)47-61(7)97(117,129-87)89(109)91(111)101-35-19-17-25-71(101)93(113)127-85(59(5)45-67-31-33-73(103)79(49-67)119-11)63(9)75(105)51-77(107)69(41-55)23-21-37-125-95(115)99-53-65-27-29-66(30-28-65)54-100-96(116)126-38-22-24-70-42-56(2)40-58(4)44-82(122-14)88-84(124-16)48-62(8)98(118,130-88)90(110)92(112)102-36-20-18-26-72(102)94(114)128-86(64(10)76(106)52-78(70)108)60(6)46-68-32-34-74(104)80(50-68)120-12/h27-30,41-42,45-46,57-58,61-64,67-76,79-88,103-106,117-118H,17-26,31-40,43-44,47-54H2,1-16H3,(H,99,115)(H,100,116)/b55-41+,56-42+,59-45+,60-46+/t57-,58-,61+,62+,63+,64+,67?,68?,69+,70+,71-,72-,73+,74+,75-,76-,79+,80+,81-,82-,83-,84-,85?,86?,87+,88+,97+,98+/m0/s1. The predicted octanol–water partition coefficient (Wildman–Crippen LogP) is 9.85. The molecule has 4 saturated heterocycles. The fourth-order valence-corrected chi connectivity index (χ4v) is 20.7. The van der Waals surface area contributed by atoms with Crippen molar-refractivity contribution in [1.29, 1.82) is 0 Å². The van der Waals surface area contributed by atoms with E-state index < -0.39 is 192 Å². The number of hydrogen-bond acceptors (Lipinski definition) is 28. The average Bonchev–Trinajstić information content (AvgIpc) is 0.776. The van der Waals surface area contributed by atoms with Gasteiger partial charge in [-0.1, -0.05) is 101 Å². The van der Waals surface area contributed by atoms with Gasteiger partial charge in [-0.2, -0.15) is 0 Å². The van der Waals surface area contributed by atoms with Gasteiger partial charge in [0.05, 0.1) is 74.3 Å². The summed E-state index contributed by atoms with van der Waals surface area (Å²) in [7, 11) is 9.02. The van der Waals surface area contributed by atoms with Gasteiger partial charge in [-0.15, -0.1) is 0 Å². The van der Waals surface area contributed by atoms with Gasteiger partial charge in [-0.3, -0.25) is 28.8 Å². The van der Waals surface area contributed by atoms with E-state index in [4.69, 9.17) is 56.8 Å². The van der Waals surface area contributed by atoms with E-state index in [0.717, 1.165) is 20.9 Å². The van der Waals surface area contributed by atoms with Crippen LogP contribution in [-0.2, 0) is 108 Å². The highest BCUT2D eigenvalue weighted by Gasteiger charge is 2.59. The van der Waals surface area contributed by atoms with E-state index in [0.29, 0.717) is 112 Å². The molecule has 2 saturated carbocycles. The second-order valence-electron chi connectivity index (χ2n) is 38.6. The molecule has 6 aliphatic heterocycles. The summed E-state index contributed by atoms with van der Waals surface area (Å²) >= 11 is 0. The molecule has 0 radical (unpaired) electrons. The molecular formula is C98H150N4O28. The number of fused-ring (bicyclic) bond motifs is 6. The average molecular weight is 1830 g/mol. The van der Waals surface area contributed by atoms with Crippen LogP contribution in [-0.4, -0.2) is 278 Å². The smallest absolute Gasteiger partial charge is 0.407 e. The van der Waals surface area contributed by atoms with Gasteiger partial charge >= 0.3 is 24.1 Å². The molecule has 4 bridgehead atoms. The van der Waals surface area contributed by atoms with Crippen molar-refractivity contribution in [3.05, 3.63) is 82.0 Å². The Hall–Kier alpha value is -7.28. The third-order valence-corrected chi connectivity index (χ3v) is 28.6. The van der Waals surface area contributed by atoms with Crippen molar-refractivity contribution < 1.29 is 135 Å². The Morgan fingerprint density at radius 3 is 1.15 bits per heavy atom. The quantitative estimate of drug-likeness (QED) is 0.0176. The molecule has 130 heavy (non-hydrogen) atoms. The van der Waals surface area contributed by atoms with E-state index in [1.807, 2.05) is 52.0 Å². The van der Waals surface area contributed by atoms with E-state index in [9.17, 15) is 78.6 Å². The first kappa shape index (κ1) is 106. The fourth-order valence-electron chi connectivity index (χ4n) is 20.7. The summed E-state index contributed by atoms with van der Waals surface area (Å²) in [5, 5.41) is 76.1. The molecule has 4 amide bonds. The minimum atomic E-state index is -2.61. The van der Waals surface area contributed by atoms with Crippen LogP contribution in [0.2, 0.25) is 0 Å². The minimum absolute atomic E-state index is 0.0114. The first-order valence-corrected chi connectivity index (χ1v) is 47.3. The maximum Gasteiger partial charge on any atom is 0.407 e. The number of benzene rings is 1. The zero-order valence-corrected chi connectivity index (χ0v) is 79.4. The summed E-state index contributed by atoms with van der Waals surface area (Å²) in [6.45, 7) is 17.9. The van der Waals surface area contributed by atoms with Gasteiger partial charge in [0, 0.05) is 117 Å². The van der Waals surface area contributed by atoms with E-state index in [1.165, 1.54) is 42.7 Å². The topological polar surface area (TPSA) is 433 Å². The summed E-state index contributed by atoms with van der Waals surface area (Å²) in [4.78, 5) is 146. The maximum absolute atomic E-state index is 14.8. The highest BCUT2D eigenvalue weighted by atomic mass is 16.7. The Kier molecular flexibility index (Phi) is 40.8. The van der Waals surface area contributed by atoms with E-state index in [2.05, 4.69) is 10.6 Å². The number of esters is 2. The number of nitrogens with zero attached hydrogens (tertiary/aromatic N) is 2. The van der Waals surface area contributed by atoms with Crippen molar-refractivity contribution in [3.63, 3.8) is 0 Å². The number of Topliss-reactive ketones (excluding diaryl/α,β-unsaturated/α-hetero) is 4. The number of amides is 4. The molecule has 9 rings (SSSR count). The molecule has 0 aromatic heterocycles. The van der Waals surface area contributed by atoms with Crippen LogP contribution in [0.5, 0.6) is 0 Å². The number of allylic oxidation sites excluding steroid dienone is 6. The van der Waals surface area contributed by atoms with E-state index in [1.54, 1.807) is 65.8 Å².